The van der Waals surface area contributed by atoms with Gasteiger partial charge in [-0.3, -0.25) is 4.79 Å². The molecule has 1 amide bonds. The molecule has 0 radical (unpaired) electrons. The van der Waals surface area contributed by atoms with E-state index < -0.39 is 0 Å². The molecule has 1 unspecified atom stereocenters. The van der Waals surface area contributed by atoms with Crippen molar-refractivity contribution < 1.29 is 9.53 Å². The molecule has 1 atom stereocenters. The van der Waals surface area contributed by atoms with Gasteiger partial charge in [0.2, 0.25) is 5.91 Å². The van der Waals surface area contributed by atoms with Gasteiger partial charge in [-0.2, -0.15) is 0 Å². The van der Waals surface area contributed by atoms with E-state index in [0.717, 1.165) is 55.8 Å². The number of carbonyl (C=O) groups excluding carboxylic acids is 1. The lowest BCUT2D eigenvalue weighted by molar-refractivity contribution is -0.125. The third-order valence-corrected chi connectivity index (χ3v) is 7.23. The van der Waals surface area contributed by atoms with Gasteiger partial charge in [-0.1, -0.05) is 12.1 Å². The molecule has 1 aliphatic heterocycles. The van der Waals surface area contributed by atoms with Crippen molar-refractivity contribution in [2.75, 3.05) is 25.9 Å². The van der Waals surface area contributed by atoms with Crippen molar-refractivity contribution in [1.82, 2.24) is 19.4 Å². The number of carbonyl (C=O) groups is 1. The second-order valence-electron chi connectivity index (χ2n) is 8.13. The number of hydrogen-bond donors (Lipinski definition) is 1. The highest BCUT2D eigenvalue weighted by Crippen LogP contribution is 2.43. The minimum Gasteiger partial charge on any atom is -0.495 e. The summed E-state index contributed by atoms with van der Waals surface area (Å²) in [5.74, 6) is 1.38. The second-order valence-corrected chi connectivity index (χ2v) is 9.18. The van der Waals surface area contributed by atoms with Crippen molar-refractivity contribution in [3.05, 3.63) is 48.4 Å². The molecule has 3 aromatic heterocycles. The van der Waals surface area contributed by atoms with E-state index in [0.29, 0.717) is 12.4 Å². The number of likely N-dealkylation sites (tertiary alicyclic amines) is 1. The highest BCUT2D eigenvalue weighted by atomic mass is 32.1. The molecular weight excluding hydrogens is 422 g/mol. The van der Waals surface area contributed by atoms with Crippen LogP contribution in [-0.4, -0.2) is 45.5 Å². The van der Waals surface area contributed by atoms with Gasteiger partial charge in [0.25, 0.3) is 0 Å². The van der Waals surface area contributed by atoms with Crippen molar-refractivity contribution >= 4 is 44.2 Å². The second kappa shape index (κ2) is 7.94. The van der Waals surface area contributed by atoms with Gasteiger partial charge in [0.1, 0.15) is 23.5 Å². The highest BCUT2D eigenvalue weighted by molar-refractivity contribution is 7.22. The fourth-order valence-electron chi connectivity index (χ4n) is 4.54. The van der Waals surface area contributed by atoms with Crippen molar-refractivity contribution in [3.8, 4) is 16.2 Å². The van der Waals surface area contributed by atoms with E-state index in [-0.39, 0.29) is 11.9 Å². The number of nitrogens with zero attached hydrogens (tertiary/aromatic N) is 4. The van der Waals surface area contributed by atoms with Gasteiger partial charge in [0.05, 0.1) is 23.2 Å². The lowest BCUT2D eigenvalue weighted by atomic mass is 10.1. The zero-order chi connectivity index (χ0) is 22.4. The molecule has 1 aliphatic rings. The normalized spacial score (nSPS) is 16.6. The number of ether oxygens (including phenoxy) is 1. The summed E-state index contributed by atoms with van der Waals surface area (Å²) < 4.78 is 8.89. The zero-order valence-electron chi connectivity index (χ0n) is 18.3. The Bertz CT molecular complexity index is 1370. The van der Waals surface area contributed by atoms with Crippen LogP contribution >= 0.6 is 11.3 Å². The van der Waals surface area contributed by atoms with Crippen LogP contribution in [0.3, 0.4) is 0 Å². The van der Waals surface area contributed by atoms with Gasteiger partial charge in [-0.25, -0.2) is 9.97 Å². The average molecular weight is 448 g/mol. The maximum Gasteiger partial charge on any atom is 0.246 e. The SMILES string of the molecule is C/C=C/C(=O)N1CCC(n2cc(-c3cc4cc(C)cc(OC)c4s3)c3c(N)ncnc32)C1. The van der Waals surface area contributed by atoms with Crippen molar-refractivity contribution in [2.24, 2.45) is 0 Å². The number of aryl methyl sites for hydroxylation is 1. The molecule has 8 heteroatoms. The molecular formula is C24H25N5O2S. The van der Waals surface area contributed by atoms with Gasteiger partial charge in [0.15, 0.2) is 0 Å². The van der Waals surface area contributed by atoms with E-state index in [1.807, 2.05) is 11.8 Å². The van der Waals surface area contributed by atoms with Crippen LogP contribution in [0.1, 0.15) is 24.9 Å². The fraction of sp³-hybridized carbons (Fsp3) is 0.292. The lowest BCUT2D eigenvalue weighted by Gasteiger charge is -2.16. The summed E-state index contributed by atoms with van der Waals surface area (Å²) in [5.41, 5.74) is 9.31. The highest BCUT2D eigenvalue weighted by Gasteiger charge is 2.29. The van der Waals surface area contributed by atoms with Crippen LogP contribution in [0.2, 0.25) is 0 Å². The maximum absolute atomic E-state index is 12.3. The number of anilines is 1. The fourth-order valence-corrected chi connectivity index (χ4v) is 5.69. The molecule has 4 aromatic rings. The van der Waals surface area contributed by atoms with Crippen LogP contribution < -0.4 is 10.5 Å². The lowest BCUT2D eigenvalue weighted by Crippen LogP contribution is -2.27. The van der Waals surface area contributed by atoms with E-state index in [1.54, 1.807) is 30.6 Å². The molecule has 4 heterocycles. The van der Waals surface area contributed by atoms with Gasteiger partial charge in [0, 0.05) is 29.7 Å². The van der Waals surface area contributed by atoms with Crippen LogP contribution in [-0.2, 0) is 4.79 Å². The molecule has 164 valence electrons. The first-order chi connectivity index (χ1) is 15.5. The first kappa shape index (κ1) is 20.5. The molecule has 0 spiro atoms. The van der Waals surface area contributed by atoms with Gasteiger partial charge < -0.3 is 19.9 Å². The third-order valence-electron chi connectivity index (χ3n) is 6.03. The largest absolute Gasteiger partial charge is 0.495 e. The van der Waals surface area contributed by atoms with E-state index in [2.05, 4.69) is 45.9 Å². The van der Waals surface area contributed by atoms with E-state index in [1.165, 1.54) is 6.33 Å². The first-order valence-corrected chi connectivity index (χ1v) is 11.4. The number of benzene rings is 1. The molecule has 0 saturated carbocycles. The van der Waals surface area contributed by atoms with Crippen LogP contribution in [0.25, 0.3) is 31.6 Å². The predicted molar refractivity (Wildman–Crippen MR) is 129 cm³/mol. The van der Waals surface area contributed by atoms with E-state index >= 15 is 0 Å². The summed E-state index contributed by atoms with van der Waals surface area (Å²) >= 11 is 1.68. The quantitative estimate of drug-likeness (QED) is 0.464. The number of thiophene rings is 1. The molecule has 32 heavy (non-hydrogen) atoms. The molecule has 0 aliphatic carbocycles. The first-order valence-electron chi connectivity index (χ1n) is 10.6. The summed E-state index contributed by atoms with van der Waals surface area (Å²) in [6.07, 6.45) is 7.90. The Morgan fingerprint density at radius 3 is 2.94 bits per heavy atom. The molecule has 2 N–H and O–H groups in total. The van der Waals surface area contributed by atoms with Gasteiger partial charge >= 0.3 is 0 Å². The monoisotopic (exact) mass is 447 g/mol. The molecule has 5 rings (SSSR count). The molecule has 1 aromatic carbocycles. The zero-order valence-corrected chi connectivity index (χ0v) is 19.1. The Morgan fingerprint density at radius 1 is 1.31 bits per heavy atom. The summed E-state index contributed by atoms with van der Waals surface area (Å²) in [5, 5.41) is 2.00. The van der Waals surface area contributed by atoms with Gasteiger partial charge in [-0.15, -0.1) is 11.3 Å². The molecule has 0 bridgehead atoms. The number of fused-ring (bicyclic) bond motifs is 2. The predicted octanol–water partition coefficient (Wildman–Crippen LogP) is 4.56. The number of nitrogen functional groups attached to an aromatic ring is 1. The number of rotatable bonds is 4. The smallest absolute Gasteiger partial charge is 0.246 e. The van der Waals surface area contributed by atoms with Crippen molar-refractivity contribution in [2.45, 2.75) is 26.3 Å². The van der Waals surface area contributed by atoms with Crippen molar-refractivity contribution in [1.29, 1.82) is 0 Å². The molecule has 1 fully saturated rings. The third kappa shape index (κ3) is 3.31. The van der Waals surface area contributed by atoms with Gasteiger partial charge in [-0.05, 0) is 49.4 Å². The number of methoxy groups -OCH3 is 1. The maximum atomic E-state index is 12.3. The Hall–Kier alpha value is -3.39. The van der Waals surface area contributed by atoms with Crippen LogP contribution in [0, 0.1) is 6.92 Å². The number of allylic oxidation sites excluding steroid dienone is 1. The van der Waals surface area contributed by atoms with Crippen molar-refractivity contribution in [3.63, 3.8) is 0 Å². The molecule has 7 nitrogen and oxygen atoms in total. The van der Waals surface area contributed by atoms with Crippen LogP contribution in [0.4, 0.5) is 5.82 Å². The van der Waals surface area contributed by atoms with Crippen LogP contribution in [0.15, 0.2) is 42.9 Å². The Morgan fingerprint density at radius 2 is 2.16 bits per heavy atom. The number of amides is 1. The topological polar surface area (TPSA) is 86.3 Å². The Labute approximate surface area is 190 Å². The summed E-state index contributed by atoms with van der Waals surface area (Å²) in [7, 11) is 1.70. The minimum absolute atomic E-state index is 0.0489. The Kier molecular flexibility index (Phi) is 5.09. The van der Waals surface area contributed by atoms with E-state index in [9.17, 15) is 4.79 Å². The summed E-state index contributed by atoms with van der Waals surface area (Å²) in [6.45, 7) is 5.30. The average Bonchev–Trinajstić information content (AvgIpc) is 3.49. The number of nitrogens with two attached hydrogens (primary N) is 1. The Balaban J connectivity index is 1.63. The van der Waals surface area contributed by atoms with Crippen LogP contribution in [0.5, 0.6) is 5.75 Å². The minimum atomic E-state index is 0.0489. The number of aromatic nitrogens is 3. The summed E-state index contributed by atoms with van der Waals surface area (Å²) in [6, 6.07) is 6.54. The summed E-state index contributed by atoms with van der Waals surface area (Å²) in [4.78, 5) is 24.1. The molecule has 1 saturated heterocycles. The van der Waals surface area contributed by atoms with E-state index in [4.69, 9.17) is 10.5 Å². The standard InChI is InChI=1S/C24H25N5O2S/c1-4-5-20(30)28-7-6-16(11-28)29-12-17(21-23(25)26-13-27-24(21)29)19-10-15-8-14(2)9-18(31-3)22(15)32-19/h4-5,8-10,12-13,16H,6-7,11H2,1-3H3,(H2,25,26,27)/b5-4+. The number of hydrogen-bond acceptors (Lipinski definition) is 6.